The molecule has 3 heteroatoms. The minimum absolute atomic E-state index is 0.0270. The summed E-state index contributed by atoms with van der Waals surface area (Å²) in [6.45, 7) is 2.03. The maximum absolute atomic E-state index is 12.9. The summed E-state index contributed by atoms with van der Waals surface area (Å²) in [5.74, 6) is 0.0270. The Hall–Kier alpha value is -2.55. The molecule has 3 rings (SSSR count). The van der Waals surface area contributed by atoms with Gasteiger partial charge in [-0.15, -0.1) is 0 Å². The summed E-state index contributed by atoms with van der Waals surface area (Å²) in [5, 5.41) is 0. The number of amides is 1. The Morgan fingerprint density at radius 2 is 1.57 bits per heavy atom. The largest absolute Gasteiger partial charge is 0.383 e. The quantitative estimate of drug-likeness (QED) is 0.784. The van der Waals surface area contributed by atoms with E-state index >= 15 is 0 Å². The molecule has 2 aromatic rings. The van der Waals surface area contributed by atoms with E-state index in [1.165, 1.54) is 0 Å². The van der Waals surface area contributed by atoms with Crippen molar-refractivity contribution in [3.05, 3.63) is 65.9 Å². The highest BCUT2D eigenvalue weighted by atomic mass is 16.2. The summed E-state index contributed by atoms with van der Waals surface area (Å²) in [4.78, 5) is 16.6. The lowest BCUT2D eigenvalue weighted by atomic mass is 10.1. The average molecular weight is 278 g/mol. The van der Waals surface area contributed by atoms with E-state index in [1.54, 1.807) is 4.90 Å². The lowest BCUT2D eigenvalue weighted by molar-refractivity contribution is -0.112. The zero-order chi connectivity index (χ0) is 15.0. The first-order chi connectivity index (χ1) is 10.1. The van der Waals surface area contributed by atoms with Crippen molar-refractivity contribution in [1.82, 2.24) is 4.90 Å². The number of hydrogen-bond acceptors (Lipinski definition) is 2. The Bertz CT molecular complexity index is 732. The van der Waals surface area contributed by atoms with E-state index in [1.807, 2.05) is 80.6 Å². The maximum Gasteiger partial charge on any atom is 0.265 e. The van der Waals surface area contributed by atoms with Crippen LogP contribution in [0, 0.1) is 6.92 Å². The molecule has 1 aliphatic rings. The van der Waals surface area contributed by atoms with Gasteiger partial charge >= 0.3 is 0 Å². The highest BCUT2D eigenvalue weighted by Gasteiger charge is 2.33. The van der Waals surface area contributed by atoms with Crippen molar-refractivity contribution in [3.63, 3.8) is 0 Å². The summed E-state index contributed by atoms with van der Waals surface area (Å²) < 4.78 is 0. The summed E-state index contributed by atoms with van der Waals surface area (Å²) in [7, 11) is 3.86. The first-order valence-corrected chi connectivity index (χ1v) is 6.97. The van der Waals surface area contributed by atoms with Crippen molar-refractivity contribution in [1.29, 1.82) is 0 Å². The molecular weight excluding hydrogens is 260 g/mol. The molecule has 0 spiro atoms. The molecule has 0 N–H and O–H groups in total. The van der Waals surface area contributed by atoms with Crippen molar-refractivity contribution >= 4 is 22.9 Å². The normalized spacial score (nSPS) is 15.5. The Balaban J connectivity index is 2.20. The third kappa shape index (κ3) is 2.21. The van der Waals surface area contributed by atoms with Crippen LogP contribution >= 0.6 is 0 Å². The number of carbonyl (C=O) groups excluding carboxylic acids is 1. The van der Waals surface area contributed by atoms with Crippen molar-refractivity contribution < 1.29 is 4.79 Å². The van der Waals surface area contributed by atoms with Gasteiger partial charge in [0, 0.05) is 25.9 Å². The summed E-state index contributed by atoms with van der Waals surface area (Å²) >= 11 is 0. The second kappa shape index (κ2) is 5.09. The Morgan fingerprint density at radius 1 is 0.952 bits per heavy atom. The molecule has 0 aliphatic carbocycles. The predicted molar refractivity (Wildman–Crippen MR) is 86.4 cm³/mol. The van der Waals surface area contributed by atoms with E-state index < -0.39 is 0 Å². The number of hydrogen-bond donors (Lipinski definition) is 0. The van der Waals surface area contributed by atoms with Gasteiger partial charge in [-0.25, -0.2) is 0 Å². The van der Waals surface area contributed by atoms with Gasteiger partial charge in [-0.3, -0.25) is 9.69 Å². The van der Waals surface area contributed by atoms with Crippen molar-refractivity contribution in [2.45, 2.75) is 6.92 Å². The van der Waals surface area contributed by atoms with Crippen molar-refractivity contribution in [2.24, 2.45) is 0 Å². The molecule has 2 aromatic carbocycles. The summed E-state index contributed by atoms with van der Waals surface area (Å²) in [5.41, 5.74) is 4.70. The van der Waals surface area contributed by atoms with Gasteiger partial charge in [0.2, 0.25) is 0 Å². The fourth-order valence-electron chi connectivity index (χ4n) is 2.68. The maximum atomic E-state index is 12.9. The zero-order valence-electron chi connectivity index (χ0n) is 12.5. The summed E-state index contributed by atoms with van der Waals surface area (Å²) in [6.07, 6.45) is 1.89. The molecule has 0 bridgehead atoms. The third-order valence-electron chi connectivity index (χ3n) is 3.61. The van der Waals surface area contributed by atoms with Gasteiger partial charge in [-0.2, -0.15) is 0 Å². The number of fused-ring (bicyclic) bond motifs is 1. The molecule has 0 atom stereocenters. The van der Waals surface area contributed by atoms with Gasteiger partial charge in [-0.05, 0) is 24.6 Å². The first kappa shape index (κ1) is 13.4. The van der Waals surface area contributed by atoms with E-state index in [-0.39, 0.29) is 5.91 Å². The van der Waals surface area contributed by atoms with Crippen LogP contribution < -0.4 is 4.90 Å². The summed E-state index contributed by atoms with van der Waals surface area (Å²) in [6, 6.07) is 15.9. The third-order valence-corrected chi connectivity index (χ3v) is 3.61. The fourth-order valence-corrected chi connectivity index (χ4v) is 2.68. The highest BCUT2D eigenvalue weighted by Crippen LogP contribution is 2.42. The van der Waals surface area contributed by atoms with E-state index in [0.717, 1.165) is 28.1 Å². The van der Waals surface area contributed by atoms with Gasteiger partial charge in [-0.1, -0.05) is 36.4 Å². The molecule has 0 saturated heterocycles. The molecule has 0 unspecified atom stereocenters. The second-order valence-electron chi connectivity index (χ2n) is 5.45. The SMILES string of the molecule is Cc1ccccc1N1C(=O)C(=CN(C)C)c2ccccc21. The molecule has 0 radical (unpaired) electrons. The number of rotatable bonds is 2. The van der Waals surface area contributed by atoms with Gasteiger partial charge in [0.15, 0.2) is 0 Å². The van der Waals surface area contributed by atoms with Crippen LogP contribution in [0.3, 0.4) is 0 Å². The predicted octanol–water partition coefficient (Wildman–Crippen LogP) is 3.58. The van der Waals surface area contributed by atoms with E-state index in [9.17, 15) is 4.79 Å². The standard InChI is InChI=1S/C18H18N2O/c1-13-8-4-6-10-16(13)20-17-11-7-5-9-14(17)15(18(20)21)12-19(2)3/h4-12H,1-3H3. The van der Waals surface area contributed by atoms with E-state index in [4.69, 9.17) is 0 Å². The average Bonchev–Trinajstić information content (AvgIpc) is 2.73. The van der Waals surface area contributed by atoms with Crippen LogP contribution in [-0.4, -0.2) is 24.9 Å². The first-order valence-electron chi connectivity index (χ1n) is 6.97. The van der Waals surface area contributed by atoms with Crippen LogP contribution in [0.5, 0.6) is 0 Å². The molecule has 1 aliphatic heterocycles. The number of nitrogens with zero attached hydrogens (tertiary/aromatic N) is 2. The van der Waals surface area contributed by atoms with Crippen molar-refractivity contribution in [3.8, 4) is 0 Å². The molecule has 0 saturated carbocycles. The van der Waals surface area contributed by atoms with Gasteiger partial charge in [0.05, 0.1) is 16.9 Å². The van der Waals surface area contributed by atoms with Crippen LogP contribution in [0.1, 0.15) is 11.1 Å². The fraction of sp³-hybridized carbons (Fsp3) is 0.167. The van der Waals surface area contributed by atoms with Gasteiger partial charge in [0.1, 0.15) is 0 Å². The topological polar surface area (TPSA) is 23.6 Å². The van der Waals surface area contributed by atoms with Gasteiger partial charge < -0.3 is 4.90 Å². The molecule has 21 heavy (non-hydrogen) atoms. The molecule has 1 heterocycles. The van der Waals surface area contributed by atoms with Crippen LogP contribution in [0.2, 0.25) is 0 Å². The second-order valence-corrected chi connectivity index (χ2v) is 5.45. The molecule has 3 nitrogen and oxygen atoms in total. The lowest BCUT2D eigenvalue weighted by Crippen LogP contribution is -2.22. The van der Waals surface area contributed by atoms with Crippen molar-refractivity contribution in [2.75, 3.05) is 19.0 Å². The number of anilines is 2. The van der Waals surface area contributed by atoms with E-state index in [2.05, 4.69) is 0 Å². The Kier molecular flexibility index (Phi) is 3.26. The van der Waals surface area contributed by atoms with Crippen LogP contribution in [0.4, 0.5) is 11.4 Å². The Labute approximate surface area is 125 Å². The molecular formula is C18H18N2O. The van der Waals surface area contributed by atoms with Crippen LogP contribution in [0.15, 0.2) is 54.7 Å². The monoisotopic (exact) mass is 278 g/mol. The lowest BCUT2D eigenvalue weighted by Gasteiger charge is -2.19. The van der Waals surface area contributed by atoms with Crippen LogP contribution in [0.25, 0.3) is 5.57 Å². The molecule has 0 fully saturated rings. The smallest absolute Gasteiger partial charge is 0.265 e. The zero-order valence-corrected chi connectivity index (χ0v) is 12.5. The minimum atomic E-state index is 0.0270. The van der Waals surface area contributed by atoms with E-state index in [0.29, 0.717) is 0 Å². The molecule has 0 aromatic heterocycles. The number of aryl methyl sites for hydroxylation is 1. The molecule has 1 amide bonds. The minimum Gasteiger partial charge on any atom is -0.383 e. The number of para-hydroxylation sites is 2. The Morgan fingerprint density at radius 3 is 2.24 bits per heavy atom. The molecule has 106 valence electrons. The van der Waals surface area contributed by atoms with Gasteiger partial charge in [0.25, 0.3) is 5.91 Å². The number of benzene rings is 2. The highest BCUT2D eigenvalue weighted by molar-refractivity contribution is 6.35. The van der Waals surface area contributed by atoms with Crippen LogP contribution in [-0.2, 0) is 4.79 Å². The number of carbonyl (C=O) groups is 1.